The molecule has 2 heterocycles. The fraction of sp³-hybridized carbons (Fsp3) is 0.680. The van der Waals surface area contributed by atoms with E-state index in [0.29, 0.717) is 6.54 Å². The van der Waals surface area contributed by atoms with E-state index in [9.17, 15) is 9.59 Å². The Morgan fingerprint density at radius 2 is 1.69 bits per heavy atom. The highest BCUT2D eigenvalue weighted by Crippen LogP contribution is 2.31. The van der Waals surface area contributed by atoms with Crippen LogP contribution in [0.25, 0.3) is 0 Å². The minimum Gasteiger partial charge on any atom is -0.374 e. The number of nitrogens with one attached hydrogen (secondary N) is 2. The van der Waals surface area contributed by atoms with Crippen LogP contribution in [0.4, 0.5) is 5.69 Å². The van der Waals surface area contributed by atoms with Crippen LogP contribution in [0.5, 0.6) is 0 Å². The molecule has 0 spiro atoms. The van der Waals surface area contributed by atoms with Crippen molar-refractivity contribution >= 4 is 17.5 Å². The minimum atomic E-state index is -0.505. The summed E-state index contributed by atoms with van der Waals surface area (Å²) in [6.45, 7) is 5.45. The molecule has 1 saturated heterocycles. The second kappa shape index (κ2) is 10.7. The minimum absolute atomic E-state index is 0.0783. The van der Waals surface area contributed by atoms with Crippen molar-refractivity contribution < 1.29 is 9.59 Å². The SMILES string of the molecule is CN1CCN([C@@H](CNC(=O)C(=O)NC2CCCCCC2)c2ccc3c(c2)CCN3C)CC1. The number of likely N-dealkylation sites (N-methyl/N-ethyl adjacent to an activating group) is 2. The number of nitrogens with zero attached hydrogens (tertiary/aromatic N) is 3. The zero-order valence-corrected chi connectivity index (χ0v) is 19.7. The molecule has 7 nitrogen and oxygen atoms in total. The molecule has 0 bridgehead atoms. The van der Waals surface area contributed by atoms with Gasteiger partial charge in [0.15, 0.2) is 0 Å². The van der Waals surface area contributed by atoms with Gasteiger partial charge in [0, 0.05) is 58.0 Å². The Bertz CT molecular complexity index is 798. The predicted octanol–water partition coefficient (Wildman–Crippen LogP) is 1.92. The van der Waals surface area contributed by atoms with Crippen molar-refractivity contribution in [2.45, 2.75) is 57.0 Å². The number of hydrogen-bond acceptors (Lipinski definition) is 5. The van der Waals surface area contributed by atoms with Crippen molar-refractivity contribution in [2.24, 2.45) is 0 Å². The van der Waals surface area contributed by atoms with Gasteiger partial charge in [0.25, 0.3) is 0 Å². The number of rotatable bonds is 5. The average molecular weight is 442 g/mol. The third-order valence-corrected chi connectivity index (χ3v) is 7.45. The monoisotopic (exact) mass is 441 g/mol. The van der Waals surface area contributed by atoms with Crippen molar-refractivity contribution in [1.82, 2.24) is 20.4 Å². The van der Waals surface area contributed by atoms with Crippen molar-refractivity contribution in [3.05, 3.63) is 29.3 Å². The first-order chi connectivity index (χ1) is 15.5. The molecule has 2 N–H and O–H groups in total. The normalized spacial score (nSPS) is 21.6. The van der Waals surface area contributed by atoms with Gasteiger partial charge in [0.1, 0.15) is 0 Å². The van der Waals surface area contributed by atoms with E-state index in [1.807, 2.05) is 0 Å². The smallest absolute Gasteiger partial charge is 0.309 e. The fourth-order valence-electron chi connectivity index (χ4n) is 5.33. The van der Waals surface area contributed by atoms with Crippen LogP contribution in [0, 0.1) is 0 Å². The van der Waals surface area contributed by atoms with E-state index in [1.165, 1.54) is 29.7 Å². The largest absolute Gasteiger partial charge is 0.374 e. The Morgan fingerprint density at radius 3 is 2.41 bits per heavy atom. The van der Waals surface area contributed by atoms with Gasteiger partial charge in [-0.15, -0.1) is 0 Å². The first kappa shape index (κ1) is 23.1. The molecule has 0 unspecified atom stereocenters. The van der Waals surface area contributed by atoms with Gasteiger partial charge in [0.05, 0.1) is 6.04 Å². The summed E-state index contributed by atoms with van der Waals surface area (Å²) >= 11 is 0. The highest BCUT2D eigenvalue weighted by Gasteiger charge is 2.27. The molecule has 1 aromatic rings. The van der Waals surface area contributed by atoms with Gasteiger partial charge in [-0.25, -0.2) is 0 Å². The lowest BCUT2D eigenvalue weighted by molar-refractivity contribution is -0.139. The van der Waals surface area contributed by atoms with Crippen molar-refractivity contribution in [2.75, 3.05) is 58.3 Å². The highest BCUT2D eigenvalue weighted by atomic mass is 16.2. The third kappa shape index (κ3) is 5.62. The number of anilines is 1. The van der Waals surface area contributed by atoms with E-state index < -0.39 is 11.8 Å². The van der Waals surface area contributed by atoms with E-state index in [2.05, 4.69) is 57.6 Å². The van der Waals surface area contributed by atoms with Crippen LogP contribution < -0.4 is 15.5 Å². The molecule has 7 heteroatoms. The molecule has 2 aliphatic heterocycles. The van der Waals surface area contributed by atoms with Crippen molar-refractivity contribution in [1.29, 1.82) is 0 Å². The maximum absolute atomic E-state index is 12.6. The van der Waals surface area contributed by atoms with Crippen LogP contribution in [0.1, 0.15) is 55.7 Å². The highest BCUT2D eigenvalue weighted by molar-refractivity contribution is 6.35. The van der Waals surface area contributed by atoms with Crippen LogP contribution in [-0.4, -0.2) is 81.0 Å². The van der Waals surface area contributed by atoms with Gasteiger partial charge in [-0.3, -0.25) is 14.5 Å². The van der Waals surface area contributed by atoms with Crippen LogP contribution in [-0.2, 0) is 16.0 Å². The predicted molar refractivity (Wildman–Crippen MR) is 128 cm³/mol. The molecular weight excluding hydrogens is 402 g/mol. The van der Waals surface area contributed by atoms with Crippen LogP contribution >= 0.6 is 0 Å². The Hall–Kier alpha value is -2.12. The van der Waals surface area contributed by atoms with E-state index in [4.69, 9.17) is 0 Å². The summed E-state index contributed by atoms with van der Waals surface area (Å²) in [4.78, 5) is 32.3. The average Bonchev–Trinajstić information content (AvgIpc) is 2.98. The molecule has 0 radical (unpaired) electrons. The molecule has 4 rings (SSSR count). The van der Waals surface area contributed by atoms with Gasteiger partial charge in [-0.1, -0.05) is 37.8 Å². The van der Waals surface area contributed by atoms with Gasteiger partial charge >= 0.3 is 11.8 Å². The molecule has 0 aromatic heterocycles. The van der Waals surface area contributed by atoms with E-state index in [1.54, 1.807) is 0 Å². The molecular formula is C25H39N5O2. The lowest BCUT2D eigenvalue weighted by Crippen LogP contribution is -2.50. The second-order valence-electron chi connectivity index (χ2n) is 9.79. The summed E-state index contributed by atoms with van der Waals surface area (Å²) in [6, 6.07) is 6.93. The molecule has 1 aromatic carbocycles. The molecule has 32 heavy (non-hydrogen) atoms. The Kier molecular flexibility index (Phi) is 7.68. The fourth-order valence-corrected chi connectivity index (χ4v) is 5.33. The van der Waals surface area contributed by atoms with Gasteiger partial charge in [0.2, 0.25) is 0 Å². The third-order valence-electron chi connectivity index (χ3n) is 7.45. The van der Waals surface area contributed by atoms with E-state index >= 15 is 0 Å². The first-order valence-corrected chi connectivity index (χ1v) is 12.4. The number of benzene rings is 1. The summed E-state index contributed by atoms with van der Waals surface area (Å²) in [5, 5.41) is 5.92. The maximum Gasteiger partial charge on any atom is 0.309 e. The quantitative estimate of drug-likeness (QED) is 0.540. The number of amides is 2. The van der Waals surface area contributed by atoms with E-state index in [0.717, 1.165) is 64.8 Å². The number of fused-ring (bicyclic) bond motifs is 1. The van der Waals surface area contributed by atoms with Crippen LogP contribution in [0.15, 0.2) is 18.2 Å². The van der Waals surface area contributed by atoms with Gasteiger partial charge in [-0.2, -0.15) is 0 Å². The summed E-state index contributed by atoms with van der Waals surface area (Å²) in [6.07, 6.45) is 7.73. The van der Waals surface area contributed by atoms with E-state index in [-0.39, 0.29) is 12.1 Å². The van der Waals surface area contributed by atoms with Crippen molar-refractivity contribution in [3.63, 3.8) is 0 Å². The van der Waals surface area contributed by atoms with Crippen LogP contribution in [0.3, 0.4) is 0 Å². The molecule has 176 valence electrons. The molecule has 1 aliphatic carbocycles. The molecule has 1 saturated carbocycles. The molecule has 2 fully saturated rings. The number of carbonyl (C=O) groups excluding carboxylic acids is 2. The van der Waals surface area contributed by atoms with Crippen molar-refractivity contribution in [3.8, 4) is 0 Å². The number of piperazine rings is 1. The zero-order valence-electron chi connectivity index (χ0n) is 19.7. The number of carbonyl (C=O) groups is 2. The lowest BCUT2D eigenvalue weighted by atomic mass is 10.00. The Balaban J connectivity index is 1.41. The van der Waals surface area contributed by atoms with Crippen LogP contribution in [0.2, 0.25) is 0 Å². The molecule has 1 atom stereocenters. The topological polar surface area (TPSA) is 67.9 Å². The zero-order chi connectivity index (χ0) is 22.5. The molecule has 3 aliphatic rings. The summed E-state index contributed by atoms with van der Waals surface area (Å²) < 4.78 is 0. The first-order valence-electron chi connectivity index (χ1n) is 12.4. The number of hydrogen-bond donors (Lipinski definition) is 2. The maximum atomic E-state index is 12.6. The lowest BCUT2D eigenvalue weighted by Gasteiger charge is -2.38. The summed E-state index contributed by atoms with van der Waals surface area (Å²) in [5.41, 5.74) is 3.91. The Labute approximate surface area is 192 Å². The second-order valence-corrected chi connectivity index (χ2v) is 9.79. The standard InChI is InChI=1S/C25H39N5O2/c1-28-13-15-30(16-14-28)23(19-9-10-22-20(17-19)11-12-29(22)2)18-26-24(31)25(32)27-21-7-5-3-4-6-8-21/h9-10,17,21,23H,3-8,11-16,18H2,1-2H3,(H,26,31)(H,27,32)/t23-/m0/s1. The van der Waals surface area contributed by atoms with Gasteiger partial charge < -0.3 is 20.4 Å². The Morgan fingerprint density at radius 1 is 0.969 bits per heavy atom. The summed E-state index contributed by atoms with van der Waals surface area (Å²) in [5.74, 6) is -0.987. The molecule has 2 amide bonds. The van der Waals surface area contributed by atoms with Gasteiger partial charge in [-0.05, 0) is 43.5 Å². The summed E-state index contributed by atoms with van der Waals surface area (Å²) in [7, 11) is 4.29.